The van der Waals surface area contributed by atoms with Gasteiger partial charge in [0, 0.05) is 61.8 Å². The van der Waals surface area contributed by atoms with Crippen molar-refractivity contribution in [2.45, 2.75) is 83.2 Å². The lowest BCUT2D eigenvalue weighted by molar-refractivity contribution is -0.155. The molecule has 0 saturated carbocycles. The van der Waals surface area contributed by atoms with E-state index in [1.165, 1.54) is 4.90 Å². The van der Waals surface area contributed by atoms with Gasteiger partial charge in [0.25, 0.3) is 5.91 Å². The zero-order valence-electron chi connectivity index (χ0n) is 26.6. The number of carbonyl (C=O) groups is 3. The number of rotatable bonds is 10. The van der Waals surface area contributed by atoms with Gasteiger partial charge in [0.05, 0.1) is 6.61 Å². The first-order chi connectivity index (χ1) is 21.9. The van der Waals surface area contributed by atoms with Gasteiger partial charge in [0.2, 0.25) is 5.91 Å². The van der Waals surface area contributed by atoms with Crippen molar-refractivity contribution >= 4 is 28.7 Å². The van der Waals surface area contributed by atoms with Crippen LogP contribution in [0, 0.1) is 5.82 Å². The maximum Gasteiger partial charge on any atom is 0.306 e. The molecule has 244 valence electrons. The summed E-state index contributed by atoms with van der Waals surface area (Å²) in [7, 11) is 0. The number of ether oxygens (including phenoxy) is 3. The van der Waals surface area contributed by atoms with Crippen LogP contribution in [0.4, 0.5) is 4.39 Å². The van der Waals surface area contributed by atoms with Gasteiger partial charge in [-0.25, -0.2) is 9.37 Å². The minimum absolute atomic E-state index is 0.0303. The number of pyridine rings is 1. The van der Waals surface area contributed by atoms with E-state index in [9.17, 15) is 14.4 Å². The summed E-state index contributed by atoms with van der Waals surface area (Å²) in [6.45, 7) is 8.92. The van der Waals surface area contributed by atoms with Crippen molar-refractivity contribution in [2.24, 2.45) is 5.73 Å². The van der Waals surface area contributed by atoms with Gasteiger partial charge in [0.1, 0.15) is 34.8 Å². The van der Waals surface area contributed by atoms with Crippen molar-refractivity contribution < 1.29 is 33.0 Å². The molecule has 3 aromatic rings. The van der Waals surface area contributed by atoms with Crippen LogP contribution in [0.5, 0.6) is 5.75 Å². The summed E-state index contributed by atoms with van der Waals surface area (Å²) in [5, 5.41) is 0.787. The number of benzene rings is 2. The van der Waals surface area contributed by atoms with Crippen molar-refractivity contribution in [3.05, 3.63) is 70.7 Å². The third-order valence-electron chi connectivity index (χ3n) is 8.77. The SMILES string of the molecule is CC(C)(C)OC(=O)CC[C@@H](C(N)=O)N1Cc2cc(O[C@H]3CCN(Cc4cc(F)c5nc(C6CCOC6)ccc5c4)C3)ccc2C1=O. The molecule has 4 heterocycles. The largest absolute Gasteiger partial charge is 0.489 e. The Kier molecular flexibility index (Phi) is 8.98. The lowest BCUT2D eigenvalue weighted by atomic mass is 10.0. The molecule has 0 spiro atoms. The Morgan fingerprint density at radius 2 is 1.98 bits per heavy atom. The molecule has 1 unspecified atom stereocenters. The van der Waals surface area contributed by atoms with Gasteiger partial charge in [-0.1, -0.05) is 6.07 Å². The van der Waals surface area contributed by atoms with E-state index in [1.807, 2.05) is 24.3 Å². The molecule has 3 atom stereocenters. The summed E-state index contributed by atoms with van der Waals surface area (Å²) in [6.07, 6.45) is 1.70. The Morgan fingerprint density at radius 1 is 1.15 bits per heavy atom. The monoisotopic (exact) mass is 632 g/mol. The highest BCUT2D eigenvalue weighted by atomic mass is 19.1. The van der Waals surface area contributed by atoms with Gasteiger partial charge in [-0.2, -0.15) is 0 Å². The van der Waals surface area contributed by atoms with E-state index in [4.69, 9.17) is 19.9 Å². The normalized spacial score (nSPS) is 20.7. The van der Waals surface area contributed by atoms with Crippen LogP contribution in [0.1, 0.15) is 79.6 Å². The lowest BCUT2D eigenvalue weighted by Crippen LogP contribution is -2.45. The molecule has 0 aliphatic carbocycles. The van der Waals surface area contributed by atoms with Crippen molar-refractivity contribution in [2.75, 3.05) is 26.3 Å². The number of esters is 1. The van der Waals surface area contributed by atoms with Crippen LogP contribution in [-0.2, 0) is 32.2 Å². The smallest absolute Gasteiger partial charge is 0.306 e. The van der Waals surface area contributed by atoms with Crippen molar-refractivity contribution in [1.82, 2.24) is 14.8 Å². The Balaban J connectivity index is 1.05. The summed E-state index contributed by atoms with van der Waals surface area (Å²) in [5.41, 5.74) is 8.40. The quantitative estimate of drug-likeness (QED) is 0.325. The zero-order valence-corrected chi connectivity index (χ0v) is 26.6. The van der Waals surface area contributed by atoms with Gasteiger partial charge >= 0.3 is 5.97 Å². The van der Waals surface area contributed by atoms with Gasteiger partial charge < -0.3 is 24.8 Å². The number of hydrogen-bond acceptors (Lipinski definition) is 8. The predicted molar refractivity (Wildman–Crippen MR) is 169 cm³/mol. The van der Waals surface area contributed by atoms with Gasteiger partial charge in [-0.3, -0.25) is 19.3 Å². The maximum atomic E-state index is 15.1. The topological polar surface area (TPSA) is 124 Å². The van der Waals surface area contributed by atoms with Gasteiger partial charge in [0.15, 0.2) is 0 Å². The first-order valence-electron chi connectivity index (χ1n) is 15.9. The minimum atomic E-state index is -0.931. The summed E-state index contributed by atoms with van der Waals surface area (Å²) in [6, 6.07) is 11.9. The molecular weight excluding hydrogens is 591 g/mol. The Bertz CT molecular complexity index is 1650. The van der Waals surface area contributed by atoms with Gasteiger partial charge in [-0.15, -0.1) is 0 Å². The molecule has 3 aliphatic heterocycles. The Labute approximate surface area is 268 Å². The number of aromatic nitrogens is 1. The van der Waals surface area contributed by atoms with Gasteiger partial charge in [-0.05, 0) is 87.6 Å². The van der Waals surface area contributed by atoms with E-state index < -0.39 is 23.5 Å². The number of fused-ring (bicyclic) bond motifs is 2. The molecule has 3 aliphatic rings. The van der Waals surface area contributed by atoms with Crippen LogP contribution in [0.15, 0.2) is 42.5 Å². The van der Waals surface area contributed by atoms with Crippen molar-refractivity contribution in [1.29, 1.82) is 0 Å². The molecule has 0 bridgehead atoms. The number of halogens is 1. The predicted octanol–water partition coefficient (Wildman–Crippen LogP) is 4.46. The zero-order chi connectivity index (χ0) is 32.6. The number of nitrogens with two attached hydrogens (primary N) is 1. The third kappa shape index (κ3) is 7.15. The van der Waals surface area contributed by atoms with E-state index in [-0.39, 0.29) is 43.1 Å². The lowest BCUT2D eigenvalue weighted by Gasteiger charge is -2.25. The molecule has 6 rings (SSSR count). The van der Waals surface area contributed by atoms with Crippen LogP contribution >= 0.6 is 0 Å². The van der Waals surface area contributed by atoms with Crippen LogP contribution in [-0.4, -0.2) is 76.6 Å². The molecule has 0 radical (unpaired) electrons. The fourth-order valence-electron chi connectivity index (χ4n) is 6.58. The molecule has 11 heteroatoms. The van der Waals surface area contributed by atoms with E-state index in [0.717, 1.165) is 41.6 Å². The Hall–Kier alpha value is -4.09. The molecule has 46 heavy (non-hydrogen) atoms. The highest BCUT2D eigenvalue weighted by Crippen LogP contribution is 2.31. The highest BCUT2D eigenvalue weighted by Gasteiger charge is 2.36. The number of carbonyl (C=O) groups excluding carboxylic acids is 3. The number of primary amides is 1. The van der Waals surface area contributed by atoms with E-state index in [2.05, 4.69) is 9.88 Å². The first kappa shape index (κ1) is 31.9. The number of nitrogens with zero attached hydrogens (tertiary/aromatic N) is 3. The molecule has 10 nitrogen and oxygen atoms in total. The summed E-state index contributed by atoms with van der Waals surface area (Å²) < 4.78 is 32.3. The van der Waals surface area contributed by atoms with Crippen LogP contribution < -0.4 is 10.5 Å². The van der Waals surface area contributed by atoms with Crippen LogP contribution in [0.3, 0.4) is 0 Å². The maximum absolute atomic E-state index is 15.1. The van der Waals surface area contributed by atoms with Crippen molar-refractivity contribution in [3.63, 3.8) is 0 Å². The molecule has 2 amide bonds. The molecule has 2 N–H and O–H groups in total. The number of likely N-dealkylation sites (tertiary alicyclic amines) is 1. The average Bonchev–Trinajstić information content (AvgIpc) is 3.74. The second-order valence-electron chi connectivity index (χ2n) is 13.5. The first-order valence-corrected chi connectivity index (χ1v) is 15.9. The van der Waals surface area contributed by atoms with E-state index in [0.29, 0.717) is 43.1 Å². The molecular formula is C35H41FN4O6. The van der Waals surface area contributed by atoms with Crippen LogP contribution in [0.2, 0.25) is 0 Å². The average molecular weight is 633 g/mol. The molecule has 2 aromatic carbocycles. The van der Waals surface area contributed by atoms with Crippen molar-refractivity contribution in [3.8, 4) is 5.75 Å². The Morgan fingerprint density at radius 3 is 2.72 bits per heavy atom. The fraction of sp³-hybridized carbons (Fsp3) is 0.486. The summed E-state index contributed by atoms with van der Waals surface area (Å²) in [4.78, 5) is 46.0. The molecule has 2 fully saturated rings. The van der Waals surface area contributed by atoms with E-state index >= 15 is 4.39 Å². The molecule has 1 aromatic heterocycles. The second-order valence-corrected chi connectivity index (χ2v) is 13.5. The summed E-state index contributed by atoms with van der Waals surface area (Å²) in [5.74, 6) is -0.878. The minimum Gasteiger partial charge on any atom is -0.489 e. The highest BCUT2D eigenvalue weighted by molar-refractivity contribution is 6.01. The van der Waals surface area contributed by atoms with E-state index in [1.54, 1.807) is 39.0 Å². The second kappa shape index (κ2) is 13.0. The third-order valence-corrected chi connectivity index (χ3v) is 8.77. The fourth-order valence-corrected chi connectivity index (χ4v) is 6.58. The van der Waals surface area contributed by atoms with Crippen LogP contribution in [0.25, 0.3) is 10.9 Å². The summed E-state index contributed by atoms with van der Waals surface area (Å²) >= 11 is 0. The standard InChI is InChI=1S/C35H41FN4O6/c1-35(2,3)46-31(41)9-8-30(33(37)42)40-18-24-16-25(5-6-27(24)34(40)43)45-26-10-12-39(19-26)17-21-14-22-4-7-29(23-11-13-44-20-23)38-32(22)28(36)15-21/h4-7,14-16,23,26,30H,8-13,17-20H2,1-3H3,(H2,37,42)/t23?,26-,30-/m0/s1. The number of hydrogen-bond donors (Lipinski definition) is 1. The molecule has 2 saturated heterocycles. The number of amides is 2.